The average molecular weight is 323 g/mol. The minimum atomic E-state index is -0.265. The highest BCUT2D eigenvalue weighted by Crippen LogP contribution is 2.38. The summed E-state index contributed by atoms with van der Waals surface area (Å²) < 4.78 is 7.36. The third-order valence-electron chi connectivity index (χ3n) is 4.32. The van der Waals surface area contributed by atoms with Gasteiger partial charge in [-0.3, -0.25) is 9.48 Å². The van der Waals surface area contributed by atoms with Crippen LogP contribution in [0.1, 0.15) is 36.4 Å². The Balaban J connectivity index is 1.77. The quantitative estimate of drug-likeness (QED) is 0.801. The predicted octanol–water partition coefficient (Wildman–Crippen LogP) is 2.74. The lowest BCUT2D eigenvalue weighted by molar-refractivity contribution is -0.116. The zero-order chi connectivity index (χ0) is 16.7. The van der Waals surface area contributed by atoms with Gasteiger partial charge in [-0.05, 0) is 13.8 Å². The molecule has 0 spiro atoms. The molecule has 1 unspecified atom stereocenters. The van der Waals surface area contributed by atoms with E-state index in [2.05, 4.69) is 20.6 Å². The normalized spacial score (nSPS) is 16.8. The van der Waals surface area contributed by atoms with Crippen molar-refractivity contribution in [1.82, 2.24) is 19.9 Å². The molecule has 1 N–H and O–H groups in total. The summed E-state index contributed by atoms with van der Waals surface area (Å²) in [7, 11) is 0. The molecule has 7 nitrogen and oxygen atoms in total. The largest absolute Gasteiger partial charge is 0.338 e. The second-order valence-electron chi connectivity index (χ2n) is 5.79. The molecule has 122 valence electrons. The molecule has 0 aliphatic carbocycles. The van der Waals surface area contributed by atoms with Gasteiger partial charge in [0.25, 0.3) is 0 Å². The zero-order valence-electron chi connectivity index (χ0n) is 13.5. The number of carbonyl (C=O) groups is 1. The molecular weight excluding hydrogens is 306 g/mol. The Morgan fingerprint density at radius 1 is 1.33 bits per heavy atom. The van der Waals surface area contributed by atoms with Gasteiger partial charge in [0.2, 0.25) is 17.6 Å². The molecule has 1 atom stereocenters. The number of nitrogens with zero attached hydrogens (tertiary/aromatic N) is 4. The molecule has 0 fully saturated rings. The number of hydrogen-bond acceptors (Lipinski definition) is 5. The van der Waals surface area contributed by atoms with Crippen molar-refractivity contribution < 1.29 is 9.32 Å². The molecule has 0 radical (unpaired) electrons. The molecule has 4 rings (SSSR count). The number of rotatable bonds is 3. The van der Waals surface area contributed by atoms with Gasteiger partial charge in [0, 0.05) is 29.8 Å². The van der Waals surface area contributed by atoms with Gasteiger partial charge in [0.1, 0.15) is 0 Å². The van der Waals surface area contributed by atoms with Crippen LogP contribution in [0.2, 0.25) is 0 Å². The molecule has 0 saturated heterocycles. The van der Waals surface area contributed by atoms with Gasteiger partial charge in [-0.1, -0.05) is 35.5 Å². The monoisotopic (exact) mass is 323 g/mol. The lowest BCUT2D eigenvalue weighted by Gasteiger charge is -2.19. The van der Waals surface area contributed by atoms with Crippen molar-refractivity contribution in [1.29, 1.82) is 0 Å². The van der Waals surface area contributed by atoms with Gasteiger partial charge >= 0.3 is 0 Å². The average Bonchev–Trinajstić information content (AvgIpc) is 3.20. The topological polar surface area (TPSA) is 85.8 Å². The van der Waals surface area contributed by atoms with Crippen LogP contribution in [0, 0.1) is 6.92 Å². The summed E-state index contributed by atoms with van der Waals surface area (Å²) >= 11 is 0. The number of hydrogen-bond donors (Lipinski definition) is 1. The van der Waals surface area contributed by atoms with Gasteiger partial charge in [0.05, 0.1) is 5.92 Å². The summed E-state index contributed by atoms with van der Waals surface area (Å²) in [5, 5.41) is 11.4. The van der Waals surface area contributed by atoms with E-state index in [9.17, 15) is 4.79 Å². The van der Waals surface area contributed by atoms with Crippen molar-refractivity contribution in [3.05, 3.63) is 47.5 Å². The summed E-state index contributed by atoms with van der Waals surface area (Å²) in [4.78, 5) is 16.6. The van der Waals surface area contributed by atoms with E-state index in [-0.39, 0.29) is 18.2 Å². The third-order valence-corrected chi connectivity index (χ3v) is 4.32. The van der Waals surface area contributed by atoms with E-state index in [1.807, 2.05) is 48.9 Å². The van der Waals surface area contributed by atoms with E-state index in [4.69, 9.17) is 4.52 Å². The van der Waals surface area contributed by atoms with Crippen molar-refractivity contribution in [3.8, 4) is 11.4 Å². The first-order chi connectivity index (χ1) is 11.7. The minimum Gasteiger partial charge on any atom is -0.338 e. The van der Waals surface area contributed by atoms with Crippen LogP contribution in [0.5, 0.6) is 0 Å². The van der Waals surface area contributed by atoms with Crippen molar-refractivity contribution >= 4 is 11.7 Å². The number of fused-ring (bicyclic) bond motifs is 1. The van der Waals surface area contributed by atoms with Crippen LogP contribution in [0.4, 0.5) is 5.82 Å². The van der Waals surface area contributed by atoms with Crippen LogP contribution in [-0.4, -0.2) is 25.8 Å². The van der Waals surface area contributed by atoms with Crippen molar-refractivity contribution in [3.63, 3.8) is 0 Å². The third kappa shape index (κ3) is 2.29. The molecule has 0 saturated carbocycles. The molecular formula is C17H17N5O2. The molecule has 1 aliphatic heterocycles. The van der Waals surface area contributed by atoms with Crippen molar-refractivity contribution in [2.45, 2.75) is 32.7 Å². The number of carbonyl (C=O) groups excluding carboxylic acids is 1. The maximum absolute atomic E-state index is 12.0. The number of anilines is 1. The van der Waals surface area contributed by atoms with Crippen LogP contribution < -0.4 is 5.32 Å². The fourth-order valence-electron chi connectivity index (χ4n) is 3.14. The highest BCUT2D eigenvalue weighted by Gasteiger charge is 2.35. The van der Waals surface area contributed by atoms with E-state index in [1.165, 1.54) is 0 Å². The second-order valence-corrected chi connectivity index (χ2v) is 5.79. The summed E-state index contributed by atoms with van der Waals surface area (Å²) in [5.41, 5.74) is 2.85. The first-order valence-corrected chi connectivity index (χ1v) is 7.93. The van der Waals surface area contributed by atoms with Crippen LogP contribution in [-0.2, 0) is 11.3 Å². The molecule has 1 aromatic carbocycles. The van der Waals surface area contributed by atoms with E-state index in [0.29, 0.717) is 17.5 Å². The van der Waals surface area contributed by atoms with Gasteiger partial charge in [-0.15, -0.1) is 0 Å². The maximum Gasteiger partial charge on any atom is 0.235 e. The summed E-state index contributed by atoms with van der Waals surface area (Å²) in [6.07, 6.45) is 0.277. The van der Waals surface area contributed by atoms with Crippen molar-refractivity contribution in [2.75, 3.05) is 5.32 Å². The number of aryl methyl sites for hydroxylation is 1. The van der Waals surface area contributed by atoms with E-state index in [0.717, 1.165) is 23.4 Å². The van der Waals surface area contributed by atoms with Gasteiger partial charge in [-0.25, -0.2) is 0 Å². The van der Waals surface area contributed by atoms with Gasteiger partial charge in [-0.2, -0.15) is 10.1 Å². The zero-order valence-corrected chi connectivity index (χ0v) is 13.5. The van der Waals surface area contributed by atoms with Crippen LogP contribution >= 0.6 is 0 Å². The lowest BCUT2D eigenvalue weighted by atomic mass is 9.92. The lowest BCUT2D eigenvalue weighted by Crippen LogP contribution is -2.23. The summed E-state index contributed by atoms with van der Waals surface area (Å²) in [6.45, 7) is 4.75. The Bertz CT molecular complexity index is 897. The molecule has 3 aromatic rings. The first kappa shape index (κ1) is 14.6. The van der Waals surface area contributed by atoms with E-state index < -0.39 is 0 Å². The Morgan fingerprint density at radius 2 is 2.12 bits per heavy atom. The Hall–Kier alpha value is -2.96. The standard InChI is InChI=1S/C17H17N5O2/c1-3-22-10(2)14-12(9-13(23)18-16(14)20-22)17-19-15(21-24-17)11-7-5-4-6-8-11/h4-8,12H,3,9H2,1-2H3,(H,18,20,23). The number of amides is 1. The number of benzene rings is 1. The number of nitrogens with one attached hydrogen (secondary N) is 1. The smallest absolute Gasteiger partial charge is 0.235 e. The fourth-order valence-corrected chi connectivity index (χ4v) is 3.14. The fraction of sp³-hybridized carbons (Fsp3) is 0.294. The Morgan fingerprint density at radius 3 is 2.88 bits per heavy atom. The molecule has 0 bridgehead atoms. The molecule has 24 heavy (non-hydrogen) atoms. The van der Waals surface area contributed by atoms with Crippen LogP contribution in [0.25, 0.3) is 11.4 Å². The summed E-state index contributed by atoms with van der Waals surface area (Å²) in [6, 6.07) is 9.63. The van der Waals surface area contributed by atoms with Gasteiger partial charge < -0.3 is 9.84 Å². The molecule has 3 heterocycles. The van der Waals surface area contributed by atoms with Crippen LogP contribution in [0.15, 0.2) is 34.9 Å². The second kappa shape index (κ2) is 5.59. The molecule has 1 aliphatic rings. The predicted molar refractivity (Wildman–Crippen MR) is 87.5 cm³/mol. The molecule has 7 heteroatoms. The highest BCUT2D eigenvalue weighted by molar-refractivity contribution is 5.94. The van der Waals surface area contributed by atoms with Gasteiger partial charge in [0.15, 0.2) is 5.82 Å². The molecule has 2 aromatic heterocycles. The highest BCUT2D eigenvalue weighted by atomic mass is 16.5. The summed E-state index contributed by atoms with van der Waals surface area (Å²) in [5.74, 6) is 1.21. The first-order valence-electron chi connectivity index (χ1n) is 7.93. The SMILES string of the molecule is CCn1nc2c(c1C)C(c1nc(-c3ccccc3)no1)CC(=O)N2. The van der Waals surface area contributed by atoms with Crippen molar-refractivity contribution in [2.24, 2.45) is 0 Å². The maximum atomic E-state index is 12.0. The Labute approximate surface area is 138 Å². The molecule has 1 amide bonds. The van der Waals surface area contributed by atoms with E-state index >= 15 is 0 Å². The van der Waals surface area contributed by atoms with Crippen LogP contribution in [0.3, 0.4) is 0 Å². The number of aromatic nitrogens is 4. The van der Waals surface area contributed by atoms with E-state index in [1.54, 1.807) is 0 Å². The minimum absolute atomic E-state index is 0.0901. The Kier molecular flexibility index (Phi) is 3.41.